The van der Waals surface area contributed by atoms with E-state index < -0.39 is 0 Å². The predicted octanol–water partition coefficient (Wildman–Crippen LogP) is 5.20. The van der Waals surface area contributed by atoms with Crippen molar-refractivity contribution in [2.45, 2.75) is 13.3 Å². The molecule has 4 heteroatoms. The monoisotopic (exact) mass is 350 g/mol. The van der Waals surface area contributed by atoms with Gasteiger partial charge >= 0.3 is 0 Å². The molecule has 1 heterocycles. The summed E-state index contributed by atoms with van der Waals surface area (Å²) >= 11 is 4.88. The summed E-state index contributed by atoms with van der Waals surface area (Å²) < 4.78 is 6.65. The van der Waals surface area contributed by atoms with E-state index in [1.165, 1.54) is 11.3 Å². The third-order valence-corrected chi connectivity index (χ3v) is 3.99. The van der Waals surface area contributed by atoms with Crippen molar-refractivity contribution in [1.82, 2.24) is 0 Å². The van der Waals surface area contributed by atoms with Crippen LogP contribution in [0.3, 0.4) is 0 Å². The summed E-state index contributed by atoms with van der Waals surface area (Å²) in [6.45, 7) is 2.73. The van der Waals surface area contributed by atoms with E-state index in [2.05, 4.69) is 22.9 Å². The number of carbonyl (C=O) groups is 1. The average Bonchev–Trinajstić information content (AvgIpc) is 2.98. The zero-order chi connectivity index (χ0) is 14.4. The summed E-state index contributed by atoms with van der Waals surface area (Å²) in [5.41, 5.74) is 0.901. The molecule has 0 spiro atoms. The van der Waals surface area contributed by atoms with Crippen LogP contribution in [0.25, 0.3) is 6.08 Å². The molecule has 0 N–H and O–H groups in total. The molecule has 2 nitrogen and oxygen atoms in total. The lowest BCUT2D eigenvalue weighted by atomic mass is 10.1. The zero-order valence-electron chi connectivity index (χ0n) is 11.1. The second kappa shape index (κ2) is 7.41. The third kappa shape index (κ3) is 4.05. The van der Waals surface area contributed by atoms with Gasteiger partial charge in [0.2, 0.25) is 0 Å². The fourth-order valence-electron chi connectivity index (χ4n) is 1.66. The Morgan fingerprint density at radius 2 is 2.25 bits per heavy atom. The number of thiophene rings is 1. The molecular formula is C16H15BrO2S. The van der Waals surface area contributed by atoms with Crippen molar-refractivity contribution in [3.63, 3.8) is 0 Å². The van der Waals surface area contributed by atoms with E-state index in [-0.39, 0.29) is 5.78 Å². The SMILES string of the molecule is CCCOc1ccc(Br)cc1/C=C/C(=O)c1cccs1. The molecule has 2 aromatic rings. The Bertz CT molecular complexity index is 603. The van der Waals surface area contributed by atoms with E-state index in [1.807, 2.05) is 35.7 Å². The molecule has 0 atom stereocenters. The second-order valence-corrected chi connectivity index (χ2v) is 6.07. The number of halogens is 1. The molecule has 0 unspecified atom stereocenters. The van der Waals surface area contributed by atoms with Gasteiger partial charge in [-0.15, -0.1) is 11.3 Å². The van der Waals surface area contributed by atoms with Crippen LogP contribution in [0.1, 0.15) is 28.6 Å². The zero-order valence-corrected chi connectivity index (χ0v) is 13.5. The number of carbonyl (C=O) groups excluding carboxylic acids is 1. The van der Waals surface area contributed by atoms with Gasteiger partial charge < -0.3 is 4.74 Å². The minimum atomic E-state index is 0.0152. The second-order valence-electron chi connectivity index (χ2n) is 4.21. The highest BCUT2D eigenvalue weighted by atomic mass is 79.9. The van der Waals surface area contributed by atoms with Crippen LogP contribution in [0.4, 0.5) is 0 Å². The Kier molecular flexibility index (Phi) is 5.56. The molecule has 1 aromatic heterocycles. The first-order valence-electron chi connectivity index (χ1n) is 6.39. The minimum absolute atomic E-state index is 0.0152. The van der Waals surface area contributed by atoms with Crippen LogP contribution in [-0.2, 0) is 0 Å². The van der Waals surface area contributed by atoms with E-state index in [0.717, 1.165) is 27.1 Å². The summed E-state index contributed by atoms with van der Waals surface area (Å²) in [6, 6.07) is 9.50. The smallest absolute Gasteiger partial charge is 0.195 e. The first-order valence-corrected chi connectivity index (χ1v) is 8.06. The topological polar surface area (TPSA) is 26.3 Å². The summed E-state index contributed by atoms with van der Waals surface area (Å²) in [4.78, 5) is 12.7. The number of rotatable bonds is 6. The van der Waals surface area contributed by atoms with E-state index in [0.29, 0.717) is 6.61 Å². The fraction of sp³-hybridized carbons (Fsp3) is 0.188. The molecule has 0 aliphatic heterocycles. The number of hydrogen-bond donors (Lipinski definition) is 0. The van der Waals surface area contributed by atoms with Gasteiger partial charge in [-0.2, -0.15) is 0 Å². The van der Waals surface area contributed by atoms with Gasteiger partial charge in [0.15, 0.2) is 5.78 Å². The van der Waals surface area contributed by atoms with Gasteiger partial charge in [-0.1, -0.05) is 28.9 Å². The van der Waals surface area contributed by atoms with Crippen LogP contribution in [0, 0.1) is 0 Å². The van der Waals surface area contributed by atoms with Gasteiger partial charge in [0.05, 0.1) is 11.5 Å². The number of allylic oxidation sites excluding steroid dienone is 1. The Morgan fingerprint density at radius 3 is 2.95 bits per heavy atom. The maximum Gasteiger partial charge on any atom is 0.195 e. The molecule has 0 aliphatic carbocycles. The summed E-state index contributed by atoms with van der Waals surface area (Å²) in [7, 11) is 0. The molecule has 1 aromatic carbocycles. The standard InChI is InChI=1S/C16H15BrO2S/c1-2-9-19-15-8-6-13(17)11-12(15)5-7-14(18)16-4-3-10-20-16/h3-8,10-11H,2,9H2,1H3/b7-5+. The van der Waals surface area contributed by atoms with Crippen molar-refractivity contribution < 1.29 is 9.53 Å². The van der Waals surface area contributed by atoms with Crippen LogP contribution in [0.2, 0.25) is 0 Å². The average molecular weight is 351 g/mol. The highest BCUT2D eigenvalue weighted by molar-refractivity contribution is 9.10. The predicted molar refractivity (Wildman–Crippen MR) is 87.6 cm³/mol. The Morgan fingerprint density at radius 1 is 1.40 bits per heavy atom. The summed E-state index contributed by atoms with van der Waals surface area (Å²) in [5, 5.41) is 1.90. The number of benzene rings is 1. The molecule has 20 heavy (non-hydrogen) atoms. The fourth-order valence-corrected chi connectivity index (χ4v) is 2.68. The quantitative estimate of drug-likeness (QED) is 0.528. The van der Waals surface area contributed by atoms with Crippen molar-refractivity contribution >= 4 is 39.1 Å². The summed E-state index contributed by atoms with van der Waals surface area (Å²) in [6.07, 6.45) is 4.34. The maximum absolute atomic E-state index is 12.0. The van der Waals surface area contributed by atoms with Crippen molar-refractivity contribution in [1.29, 1.82) is 0 Å². The van der Waals surface area contributed by atoms with Crippen LogP contribution < -0.4 is 4.74 Å². The number of ether oxygens (including phenoxy) is 1. The maximum atomic E-state index is 12.0. The molecule has 0 radical (unpaired) electrons. The molecule has 0 saturated heterocycles. The number of hydrogen-bond acceptors (Lipinski definition) is 3. The third-order valence-electron chi connectivity index (χ3n) is 2.61. The van der Waals surface area contributed by atoms with Crippen LogP contribution >= 0.6 is 27.3 Å². The molecule has 0 saturated carbocycles. The Labute approximate surface area is 131 Å². The first-order chi connectivity index (χ1) is 9.70. The van der Waals surface area contributed by atoms with Crippen molar-refractivity contribution in [2.24, 2.45) is 0 Å². The van der Waals surface area contributed by atoms with Gasteiger partial charge in [-0.3, -0.25) is 4.79 Å². The molecule has 0 fully saturated rings. The molecule has 104 valence electrons. The normalized spacial score (nSPS) is 10.9. The lowest BCUT2D eigenvalue weighted by molar-refractivity contribution is 0.105. The molecule has 0 bridgehead atoms. The van der Waals surface area contributed by atoms with Gasteiger partial charge in [0.1, 0.15) is 5.75 Å². The van der Waals surface area contributed by atoms with Crippen LogP contribution in [-0.4, -0.2) is 12.4 Å². The number of ketones is 1. The summed E-state index contributed by atoms with van der Waals surface area (Å²) in [5.74, 6) is 0.812. The lowest BCUT2D eigenvalue weighted by Crippen LogP contribution is -1.97. The van der Waals surface area contributed by atoms with E-state index in [9.17, 15) is 4.79 Å². The van der Waals surface area contributed by atoms with Gasteiger partial charge in [-0.05, 0) is 48.2 Å². The Balaban J connectivity index is 2.18. The van der Waals surface area contributed by atoms with Crippen molar-refractivity contribution in [2.75, 3.05) is 6.61 Å². The van der Waals surface area contributed by atoms with E-state index >= 15 is 0 Å². The van der Waals surface area contributed by atoms with Gasteiger partial charge in [0, 0.05) is 10.0 Å². The molecular weight excluding hydrogens is 336 g/mol. The van der Waals surface area contributed by atoms with E-state index in [1.54, 1.807) is 12.2 Å². The minimum Gasteiger partial charge on any atom is -0.493 e. The highest BCUT2D eigenvalue weighted by Crippen LogP contribution is 2.25. The van der Waals surface area contributed by atoms with Gasteiger partial charge in [0.25, 0.3) is 0 Å². The van der Waals surface area contributed by atoms with Crippen LogP contribution in [0.5, 0.6) is 5.75 Å². The molecule has 0 amide bonds. The van der Waals surface area contributed by atoms with E-state index in [4.69, 9.17) is 4.74 Å². The molecule has 0 aliphatic rings. The Hall–Kier alpha value is -1.39. The van der Waals surface area contributed by atoms with Crippen molar-refractivity contribution in [3.8, 4) is 5.75 Å². The molecule has 2 rings (SSSR count). The first kappa shape index (κ1) is 15.0. The largest absolute Gasteiger partial charge is 0.493 e. The van der Waals surface area contributed by atoms with Crippen molar-refractivity contribution in [3.05, 3.63) is 56.7 Å². The van der Waals surface area contributed by atoms with Crippen LogP contribution in [0.15, 0.2) is 46.3 Å². The highest BCUT2D eigenvalue weighted by Gasteiger charge is 2.05. The lowest BCUT2D eigenvalue weighted by Gasteiger charge is -2.08. The van der Waals surface area contributed by atoms with Gasteiger partial charge in [-0.25, -0.2) is 0 Å².